The summed E-state index contributed by atoms with van der Waals surface area (Å²) >= 11 is 5.57. The van der Waals surface area contributed by atoms with E-state index in [-0.39, 0.29) is 10.8 Å². The van der Waals surface area contributed by atoms with E-state index < -0.39 is 5.97 Å². The molecule has 0 saturated carbocycles. The van der Waals surface area contributed by atoms with Crippen LogP contribution in [0.1, 0.15) is 23.1 Å². The lowest BCUT2D eigenvalue weighted by Gasteiger charge is -2.02. The fourth-order valence-electron chi connectivity index (χ4n) is 0.853. The van der Waals surface area contributed by atoms with Crippen LogP contribution in [0.4, 0.5) is 0 Å². The zero-order chi connectivity index (χ0) is 9.84. The highest BCUT2D eigenvalue weighted by Gasteiger charge is 2.12. The van der Waals surface area contributed by atoms with Crippen LogP contribution < -0.4 is 0 Å². The Hall–Kier alpha value is -1.16. The Morgan fingerprint density at radius 1 is 1.69 bits per heavy atom. The first-order chi connectivity index (χ1) is 6.15. The van der Waals surface area contributed by atoms with E-state index in [0.717, 1.165) is 0 Å². The smallest absolute Gasteiger partial charge is 0.358 e. The quantitative estimate of drug-likeness (QED) is 0.681. The molecule has 0 aliphatic carbocycles. The minimum absolute atomic E-state index is 0.214. The standard InChI is InChI=1S/C8H9ClN2O2/c1-3-13-8(12)7-5(2)11-6(9)4-10-7/h4H,3H2,1-2H3. The Bertz CT molecular complexity index is 328. The molecule has 0 amide bonds. The summed E-state index contributed by atoms with van der Waals surface area (Å²) in [5.74, 6) is -0.468. The van der Waals surface area contributed by atoms with Gasteiger partial charge in [-0.2, -0.15) is 0 Å². The van der Waals surface area contributed by atoms with E-state index in [9.17, 15) is 4.79 Å². The summed E-state index contributed by atoms with van der Waals surface area (Å²) in [6.45, 7) is 3.71. The molecule has 1 heterocycles. The number of hydrogen-bond donors (Lipinski definition) is 0. The maximum Gasteiger partial charge on any atom is 0.358 e. The lowest BCUT2D eigenvalue weighted by atomic mass is 10.3. The number of ether oxygens (including phenoxy) is 1. The van der Waals surface area contributed by atoms with Gasteiger partial charge in [0.15, 0.2) is 5.69 Å². The molecule has 4 nitrogen and oxygen atoms in total. The van der Waals surface area contributed by atoms with Crippen LogP contribution in [0, 0.1) is 6.92 Å². The summed E-state index contributed by atoms with van der Waals surface area (Å²) in [6.07, 6.45) is 1.32. The average molecular weight is 201 g/mol. The van der Waals surface area contributed by atoms with E-state index in [1.54, 1.807) is 13.8 Å². The van der Waals surface area contributed by atoms with Crippen LogP contribution in [0.3, 0.4) is 0 Å². The topological polar surface area (TPSA) is 52.1 Å². The first kappa shape index (κ1) is 9.92. The fraction of sp³-hybridized carbons (Fsp3) is 0.375. The van der Waals surface area contributed by atoms with Gasteiger partial charge in [0.1, 0.15) is 5.15 Å². The highest BCUT2D eigenvalue weighted by atomic mass is 35.5. The molecule has 1 aromatic heterocycles. The minimum Gasteiger partial charge on any atom is -0.461 e. The lowest BCUT2D eigenvalue weighted by molar-refractivity contribution is 0.0518. The van der Waals surface area contributed by atoms with Crippen molar-refractivity contribution < 1.29 is 9.53 Å². The van der Waals surface area contributed by atoms with E-state index in [1.165, 1.54) is 6.20 Å². The van der Waals surface area contributed by atoms with Gasteiger partial charge in [-0.15, -0.1) is 0 Å². The third-order valence-electron chi connectivity index (χ3n) is 1.39. The average Bonchev–Trinajstić information content (AvgIpc) is 2.04. The molecule has 1 rings (SSSR count). The molecule has 0 radical (unpaired) electrons. The Labute approximate surface area is 80.9 Å². The Morgan fingerprint density at radius 3 is 2.92 bits per heavy atom. The van der Waals surface area contributed by atoms with E-state index >= 15 is 0 Å². The molecule has 13 heavy (non-hydrogen) atoms. The van der Waals surface area contributed by atoms with Crippen molar-refractivity contribution in [3.8, 4) is 0 Å². The van der Waals surface area contributed by atoms with Crippen LogP contribution in [0.2, 0.25) is 5.15 Å². The molecule has 0 spiro atoms. The number of nitrogens with zero attached hydrogens (tertiary/aromatic N) is 2. The SMILES string of the molecule is CCOC(=O)c1ncc(Cl)nc1C. The zero-order valence-corrected chi connectivity index (χ0v) is 8.13. The minimum atomic E-state index is -0.468. The van der Waals surface area contributed by atoms with Gasteiger partial charge in [-0.25, -0.2) is 14.8 Å². The van der Waals surface area contributed by atoms with Crippen molar-refractivity contribution in [2.24, 2.45) is 0 Å². The van der Waals surface area contributed by atoms with Crippen LogP contribution in [0.25, 0.3) is 0 Å². The first-order valence-corrected chi connectivity index (χ1v) is 4.19. The number of esters is 1. The number of carbonyl (C=O) groups excluding carboxylic acids is 1. The van der Waals surface area contributed by atoms with Crippen LogP contribution in [-0.2, 0) is 4.74 Å². The summed E-state index contributed by atoms with van der Waals surface area (Å²) in [5, 5.41) is 0.269. The molecule has 0 atom stereocenters. The second kappa shape index (κ2) is 4.18. The largest absolute Gasteiger partial charge is 0.461 e. The van der Waals surface area contributed by atoms with Crippen LogP contribution in [0.5, 0.6) is 0 Å². The Kier molecular flexibility index (Phi) is 3.19. The van der Waals surface area contributed by atoms with Crippen molar-refractivity contribution in [1.82, 2.24) is 9.97 Å². The van der Waals surface area contributed by atoms with Gasteiger partial charge < -0.3 is 4.74 Å². The number of rotatable bonds is 2. The van der Waals surface area contributed by atoms with Crippen molar-refractivity contribution in [2.45, 2.75) is 13.8 Å². The highest BCUT2D eigenvalue weighted by Crippen LogP contribution is 2.07. The van der Waals surface area contributed by atoms with Gasteiger partial charge in [0.2, 0.25) is 0 Å². The Balaban J connectivity index is 2.95. The second-order valence-electron chi connectivity index (χ2n) is 2.35. The summed E-state index contributed by atoms with van der Waals surface area (Å²) in [4.78, 5) is 18.9. The third-order valence-corrected chi connectivity index (χ3v) is 1.57. The molecule has 0 unspecified atom stereocenters. The number of aromatic nitrogens is 2. The summed E-state index contributed by atoms with van der Waals surface area (Å²) in [7, 11) is 0. The van der Waals surface area contributed by atoms with Gasteiger partial charge in [0, 0.05) is 0 Å². The van der Waals surface area contributed by atoms with Crippen LogP contribution in [-0.4, -0.2) is 22.5 Å². The second-order valence-corrected chi connectivity index (χ2v) is 2.73. The maximum absolute atomic E-state index is 11.2. The molecule has 0 aromatic carbocycles. The molecule has 0 aliphatic heterocycles. The van der Waals surface area contributed by atoms with Crippen molar-refractivity contribution >= 4 is 17.6 Å². The molecule has 5 heteroatoms. The van der Waals surface area contributed by atoms with Crippen LogP contribution >= 0.6 is 11.6 Å². The predicted octanol–water partition coefficient (Wildman–Crippen LogP) is 1.62. The molecule has 0 bridgehead atoms. The molecule has 0 aliphatic rings. The summed E-state index contributed by atoms with van der Waals surface area (Å²) in [5.41, 5.74) is 0.692. The normalized spacial score (nSPS) is 9.77. The van der Waals surface area contributed by atoms with Gasteiger partial charge in [-0.1, -0.05) is 11.6 Å². The van der Waals surface area contributed by atoms with E-state index in [0.29, 0.717) is 12.3 Å². The van der Waals surface area contributed by atoms with Crippen molar-refractivity contribution in [3.05, 3.63) is 22.7 Å². The first-order valence-electron chi connectivity index (χ1n) is 3.81. The van der Waals surface area contributed by atoms with Crippen molar-refractivity contribution in [3.63, 3.8) is 0 Å². The van der Waals surface area contributed by atoms with Crippen molar-refractivity contribution in [2.75, 3.05) is 6.61 Å². The molecule has 1 aromatic rings. The van der Waals surface area contributed by atoms with E-state index in [4.69, 9.17) is 16.3 Å². The molecule has 0 N–H and O–H groups in total. The van der Waals surface area contributed by atoms with E-state index in [2.05, 4.69) is 9.97 Å². The molecule has 0 saturated heterocycles. The van der Waals surface area contributed by atoms with Gasteiger partial charge in [-0.3, -0.25) is 0 Å². The van der Waals surface area contributed by atoms with Gasteiger partial charge in [0.25, 0.3) is 0 Å². The fourth-order valence-corrected chi connectivity index (χ4v) is 1.03. The predicted molar refractivity (Wildman–Crippen MR) is 47.7 cm³/mol. The van der Waals surface area contributed by atoms with Crippen LogP contribution in [0.15, 0.2) is 6.20 Å². The molecule has 0 fully saturated rings. The number of hydrogen-bond acceptors (Lipinski definition) is 4. The maximum atomic E-state index is 11.2. The Morgan fingerprint density at radius 2 is 2.38 bits per heavy atom. The summed E-state index contributed by atoms with van der Waals surface area (Å²) < 4.78 is 4.76. The van der Waals surface area contributed by atoms with Gasteiger partial charge in [-0.05, 0) is 13.8 Å². The lowest BCUT2D eigenvalue weighted by Crippen LogP contribution is -2.10. The number of carbonyl (C=O) groups is 1. The molecular weight excluding hydrogens is 192 g/mol. The molecule has 70 valence electrons. The number of aryl methyl sites for hydroxylation is 1. The number of halogens is 1. The monoisotopic (exact) mass is 200 g/mol. The van der Waals surface area contributed by atoms with Gasteiger partial charge >= 0.3 is 5.97 Å². The third kappa shape index (κ3) is 2.39. The van der Waals surface area contributed by atoms with Crippen molar-refractivity contribution in [1.29, 1.82) is 0 Å². The summed E-state index contributed by atoms with van der Waals surface area (Å²) in [6, 6.07) is 0. The van der Waals surface area contributed by atoms with Gasteiger partial charge in [0.05, 0.1) is 18.5 Å². The van der Waals surface area contributed by atoms with E-state index in [1.807, 2.05) is 0 Å². The molecular formula is C8H9ClN2O2. The zero-order valence-electron chi connectivity index (χ0n) is 7.37. The highest BCUT2D eigenvalue weighted by molar-refractivity contribution is 6.29.